The zero-order chi connectivity index (χ0) is 7.66. The summed E-state index contributed by atoms with van der Waals surface area (Å²) in [5, 5.41) is 10.1. The molecule has 1 aromatic heterocycles. The van der Waals surface area contributed by atoms with Crippen molar-refractivity contribution < 1.29 is 5.21 Å². The van der Waals surface area contributed by atoms with Crippen molar-refractivity contribution in [3.63, 3.8) is 0 Å². The van der Waals surface area contributed by atoms with E-state index in [0.717, 1.165) is 0 Å². The molecule has 0 aromatic carbocycles. The van der Waals surface area contributed by atoms with E-state index in [0.29, 0.717) is 0 Å². The number of aromatic nitrogens is 1. The molecular formula is C8H14N2O. The van der Waals surface area contributed by atoms with E-state index in [2.05, 4.69) is 10.1 Å². The highest BCUT2D eigenvalue weighted by Gasteiger charge is 1.58. The molecule has 3 nitrogen and oxygen atoms in total. The van der Waals surface area contributed by atoms with E-state index in [4.69, 9.17) is 5.21 Å². The summed E-state index contributed by atoms with van der Waals surface area (Å²) < 4.78 is 0. The fourth-order valence-corrected chi connectivity index (χ4v) is 0.313. The Morgan fingerprint density at radius 1 is 1.27 bits per heavy atom. The summed E-state index contributed by atoms with van der Waals surface area (Å²) in [7, 11) is 0. The summed E-state index contributed by atoms with van der Waals surface area (Å²) in [5.41, 5.74) is 0. The van der Waals surface area contributed by atoms with Gasteiger partial charge in [-0.25, -0.2) is 0 Å². The number of pyridine rings is 1. The molecule has 0 saturated heterocycles. The van der Waals surface area contributed by atoms with Crippen LogP contribution in [0.3, 0.4) is 0 Å². The first kappa shape index (κ1) is 12.3. The summed E-state index contributed by atoms with van der Waals surface area (Å²) in [4.78, 5) is 3.78. The van der Waals surface area contributed by atoms with Crippen LogP contribution in [-0.4, -0.2) is 16.4 Å². The molecule has 0 amide bonds. The van der Waals surface area contributed by atoms with E-state index < -0.39 is 0 Å². The minimum absolute atomic E-state index is 0. The van der Waals surface area contributed by atoms with E-state index in [1.165, 1.54) is 6.21 Å². The highest BCUT2D eigenvalue weighted by molar-refractivity contribution is 5.51. The van der Waals surface area contributed by atoms with Gasteiger partial charge in [-0.2, -0.15) is 0 Å². The first-order valence-electron chi connectivity index (χ1n) is 2.89. The maximum atomic E-state index is 7.44. The molecule has 11 heavy (non-hydrogen) atoms. The summed E-state index contributed by atoms with van der Waals surface area (Å²) in [6.07, 6.45) is 4.81. The quantitative estimate of drug-likeness (QED) is 0.353. The Bertz CT molecular complexity index is 132. The van der Waals surface area contributed by atoms with Crippen molar-refractivity contribution in [3.8, 4) is 0 Å². The topological polar surface area (TPSA) is 45.5 Å². The standard InChI is InChI=1S/C5H5N.C2H5NO.CH4/c1-2-4-6-5-3-1;1-2-3-4;/h1-5H;2,4H,1H3;1H4/b;3-2+;. The molecule has 3 heteroatoms. The minimum Gasteiger partial charge on any atom is -0.411 e. The third kappa shape index (κ3) is 12.0. The van der Waals surface area contributed by atoms with Gasteiger partial charge in [-0.3, -0.25) is 4.98 Å². The molecule has 0 radical (unpaired) electrons. The molecule has 1 heterocycles. The molecule has 62 valence electrons. The fraction of sp³-hybridized carbons (Fsp3) is 0.250. The van der Waals surface area contributed by atoms with E-state index in [1.807, 2.05) is 18.2 Å². The maximum Gasteiger partial charge on any atom is 0.0404 e. The van der Waals surface area contributed by atoms with Crippen LogP contribution in [0.4, 0.5) is 0 Å². The van der Waals surface area contributed by atoms with Crippen LogP contribution in [-0.2, 0) is 0 Å². The maximum absolute atomic E-state index is 7.44. The first-order valence-corrected chi connectivity index (χ1v) is 2.89. The second-order valence-electron chi connectivity index (χ2n) is 1.40. The number of rotatable bonds is 0. The Morgan fingerprint density at radius 3 is 1.82 bits per heavy atom. The van der Waals surface area contributed by atoms with Gasteiger partial charge < -0.3 is 5.21 Å². The molecule has 0 fully saturated rings. The highest BCUT2D eigenvalue weighted by atomic mass is 16.4. The predicted octanol–water partition coefficient (Wildman–Crippen LogP) is 2.18. The van der Waals surface area contributed by atoms with E-state index in [1.54, 1.807) is 19.3 Å². The zero-order valence-corrected chi connectivity index (χ0v) is 5.81. The molecule has 0 atom stereocenters. The number of oxime groups is 1. The third-order valence-corrected chi connectivity index (χ3v) is 0.682. The van der Waals surface area contributed by atoms with Gasteiger partial charge in [0.05, 0.1) is 0 Å². The van der Waals surface area contributed by atoms with Crippen LogP contribution in [0.25, 0.3) is 0 Å². The lowest BCUT2D eigenvalue weighted by Gasteiger charge is -1.70. The molecule has 1 N–H and O–H groups in total. The molecular weight excluding hydrogens is 140 g/mol. The minimum atomic E-state index is 0. The lowest BCUT2D eigenvalue weighted by atomic mass is 10.5. The zero-order valence-electron chi connectivity index (χ0n) is 5.81. The molecule has 0 saturated carbocycles. The Hall–Kier alpha value is -1.38. The van der Waals surface area contributed by atoms with E-state index >= 15 is 0 Å². The molecule has 0 aliphatic rings. The van der Waals surface area contributed by atoms with Gasteiger partial charge in [0.15, 0.2) is 0 Å². The van der Waals surface area contributed by atoms with Crippen molar-refractivity contribution in [1.82, 2.24) is 4.98 Å². The smallest absolute Gasteiger partial charge is 0.0404 e. The lowest BCUT2D eigenvalue weighted by Crippen LogP contribution is -1.58. The summed E-state index contributed by atoms with van der Waals surface area (Å²) in [6, 6.07) is 5.72. The largest absolute Gasteiger partial charge is 0.411 e. The average molecular weight is 154 g/mol. The summed E-state index contributed by atoms with van der Waals surface area (Å²) in [6.45, 7) is 1.64. The Kier molecular flexibility index (Phi) is 12.8. The van der Waals surface area contributed by atoms with Crippen LogP contribution in [0.5, 0.6) is 0 Å². The lowest BCUT2D eigenvalue weighted by molar-refractivity contribution is 0.321. The van der Waals surface area contributed by atoms with Crippen LogP contribution < -0.4 is 0 Å². The van der Waals surface area contributed by atoms with Crippen LogP contribution in [0.1, 0.15) is 14.4 Å². The van der Waals surface area contributed by atoms with Gasteiger partial charge in [-0.1, -0.05) is 13.5 Å². The Balaban J connectivity index is 0. The number of hydrogen-bond acceptors (Lipinski definition) is 3. The van der Waals surface area contributed by atoms with Crippen molar-refractivity contribution in [1.29, 1.82) is 0 Å². The van der Waals surface area contributed by atoms with Crippen molar-refractivity contribution in [2.24, 2.45) is 5.16 Å². The van der Waals surface area contributed by atoms with E-state index in [9.17, 15) is 0 Å². The normalized spacial score (nSPS) is 7.73. The van der Waals surface area contributed by atoms with Crippen LogP contribution in [0, 0.1) is 0 Å². The van der Waals surface area contributed by atoms with Gasteiger partial charge in [0.25, 0.3) is 0 Å². The van der Waals surface area contributed by atoms with Crippen LogP contribution in [0.15, 0.2) is 35.7 Å². The number of nitrogens with zero attached hydrogens (tertiary/aromatic N) is 2. The molecule has 0 aliphatic heterocycles. The Morgan fingerprint density at radius 2 is 1.73 bits per heavy atom. The van der Waals surface area contributed by atoms with Crippen LogP contribution >= 0.6 is 0 Å². The molecule has 1 rings (SSSR count). The highest BCUT2D eigenvalue weighted by Crippen LogP contribution is 1.73. The third-order valence-electron chi connectivity index (χ3n) is 0.682. The predicted molar refractivity (Wildman–Crippen MR) is 46.9 cm³/mol. The van der Waals surface area contributed by atoms with Gasteiger partial charge in [0, 0.05) is 18.6 Å². The Labute approximate surface area is 67.4 Å². The van der Waals surface area contributed by atoms with Gasteiger partial charge in [0.1, 0.15) is 0 Å². The second-order valence-corrected chi connectivity index (χ2v) is 1.40. The second kappa shape index (κ2) is 11.4. The summed E-state index contributed by atoms with van der Waals surface area (Å²) >= 11 is 0. The van der Waals surface area contributed by atoms with Crippen molar-refractivity contribution in [3.05, 3.63) is 30.6 Å². The molecule has 0 unspecified atom stereocenters. The van der Waals surface area contributed by atoms with Crippen molar-refractivity contribution in [2.45, 2.75) is 14.4 Å². The van der Waals surface area contributed by atoms with Gasteiger partial charge in [-0.15, -0.1) is 5.16 Å². The van der Waals surface area contributed by atoms with Gasteiger partial charge >= 0.3 is 0 Å². The van der Waals surface area contributed by atoms with Gasteiger partial charge in [-0.05, 0) is 19.1 Å². The monoisotopic (exact) mass is 154 g/mol. The van der Waals surface area contributed by atoms with Crippen molar-refractivity contribution >= 4 is 6.21 Å². The number of hydrogen-bond donors (Lipinski definition) is 1. The molecule has 1 aromatic rings. The molecule has 0 bridgehead atoms. The SMILES string of the molecule is C.C/C=N/O.c1ccncc1. The first-order chi connectivity index (χ1) is 4.91. The van der Waals surface area contributed by atoms with Crippen molar-refractivity contribution in [2.75, 3.05) is 0 Å². The fourth-order valence-electron chi connectivity index (χ4n) is 0.313. The molecule has 0 spiro atoms. The average Bonchev–Trinajstić information content (AvgIpc) is 2.08. The molecule has 0 aliphatic carbocycles. The van der Waals surface area contributed by atoms with Gasteiger partial charge in [0.2, 0.25) is 0 Å². The van der Waals surface area contributed by atoms with Crippen LogP contribution in [0.2, 0.25) is 0 Å². The van der Waals surface area contributed by atoms with E-state index in [-0.39, 0.29) is 7.43 Å². The summed E-state index contributed by atoms with van der Waals surface area (Å²) in [5.74, 6) is 0.